The molecule has 0 bridgehead atoms. The maximum absolute atomic E-state index is 12.1. The molecule has 0 aliphatic heterocycles. The molecule has 0 aliphatic carbocycles. The van der Waals surface area contributed by atoms with Crippen LogP contribution in [0.5, 0.6) is 0 Å². The summed E-state index contributed by atoms with van der Waals surface area (Å²) in [6.07, 6.45) is 3.49. The second-order valence-electron chi connectivity index (χ2n) is 5.51. The molecule has 2 aromatic carbocycles. The maximum atomic E-state index is 12.1. The van der Waals surface area contributed by atoms with Crippen LogP contribution in [-0.2, 0) is 0 Å². The molecule has 2 aromatic heterocycles. The van der Waals surface area contributed by atoms with E-state index in [9.17, 15) is 4.79 Å². The molecule has 4 rings (SSSR count). The van der Waals surface area contributed by atoms with Gasteiger partial charge in [-0.05, 0) is 60.7 Å². The third-order valence-electron chi connectivity index (χ3n) is 3.79. The number of para-hydroxylation sites is 1. The van der Waals surface area contributed by atoms with Crippen LogP contribution in [-0.4, -0.2) is 9.97 Å². The highest BCUT2D eigenvalue weighted by Crippen LogP contribution is 2.24. The molecule has 4 aromatic rings. The quantitative estimate of drug-likeness (QED) is 0.566. The van der Waals surface area contributed by atoms with Gasteiger partial charge < -0.3 is 9.40 Å². The molecule has 1 N–H and O–H groups in total. The minimum absolute atomic E-state index is 0.161. The van der Waals surface area contributed by atoms with Gasteiger partial charge in [-0.2, -0.15) is 0 Å². The number of aromatic nitrogens is 2. The number of hydrogen-bond acceptors (Lipinski definition) is 3. The first kappa shape index (κ1) is 15.4. The van der Waals surface area contributed by atoms with Crippen LogP contribution in [0.25, 0.3) is 34.4 Å². The predicted molar refractivity (Wildman–Crippen MR) is 100 cm³/mol. The molecule has 0 saturated carbocycles. The number of hydrogen-bond donors (Lipinski definition) is 1. The average Bonchev–Trinajstić information content (AvgIpc) is 3.10. The van der Waals surface area contributed by atoms with Crippen LogP contribution < -0.4 is 5.56 Å². The third-order valence-corrected chi connectivity index (χ3v) is 4.04. The lowest BCUT2D eigenvalue weighted by molar-refractivity contribution is 0.572. The maximum Gasteiger partial charge on any atom is 0.259 e. The number of rotatable bonds is 3. The van der Waals surface area contributed by atoms with Crippen LogP contribution in [0.4, 0.5) is 0 Å². The van der Waals surface area contributed by atoms with Crippen LogP contribution >= 0.6 is 11.6 Å². The lowest BCUT2D eigenvalue weighted by Crippen LogP contribution is -2.09. The number of nitrogens with one attached hydrogen (secondary N) is 1. The first-order valence-electron chi connectivity index (χ1n) is 7.72. The second kappa shape index (κ2) is 6.42. The van der Waals surface area contributed by atoms with Crippen LogP contribution in [0.2, 0.25) is 5.02 Å². The van der Waals surface area contributed by atoms with Crippen LogP contribution in [0.15, 0.2) is 69.9 Å². The summed E-state index contributed by atoms with van der Waals surface area (Å²) in [7, 11) is 0. The van der Waals surface area contributed by atoms with Crippen molar-refractivity contribution in [2.75, 3.05) is 0 Å². The number of benzene rings is 2. The van der Waals surface area contributed by atoms with Gasteiger partial charge in [0.25, 0.3) is 5.56 Å². The van der Waals surface area contributed by atoms with Crippen molar-refractivity contribution in [2.24, 2.45) is 0 Å². The van der Waals surface area contributed by atoms with E-state index in [1.54, 1.807) is 18.2 Å². The molecule has 4 nitrogen and oxygen atoms in total. The Labute approximate surface area is 148 Å². The minimum atomic E-state index is -0.161. The van der Waals surface area contributed by atoms with Gasteiger partial charge in [-0.3, -0.25) is 4.79 Å². The topological polar surface area (TPSA) is 58.9 Å². The lowest BCUT2D eigenvalue weighted by Gasteiger charge is -1.98. The highest BCUT2D eigenvalue weighted by molar-refractivity contribution is 6.30. The first-order valence-corrected chi connectivity index (χ1v) is 8.10. The van der Waals surface area contributed by atoms with Crippen LogP contribution in [0.1, 0.15) is 11.6 Å². The van der Waals surface area contributed by atoms with Crippen molar-refractivity contribution in [1.82, 2.24) is 9.97 Å². The predicted octanol–water partition coefficient (Wildman–Crippen LogP) is 5.01. The summed E-state index contributed by atoms with van der Waals surface area (Å²) < 4.78 is 5.80. The number of H-pyrrole nitrogens is 1. The Morgan fingerprint density at radius 2 is 1.76 bits per heavy atom. The molecule has 0 fully saturated rings. The Balaban J connectivity index is 1.62. The van der Waals surface area contributed by atoms with Crippen molar-refractivity contribution in [3.63, 3.8) is 0 Å². The van der Waals surface area contributed by atoms with E-state index in [0.29, 0.717) is 27.5 Å². The van der Waals surface area contributed by atoms with Gasteiger partial charge in [0.15, 0.2) is 0 Å². The number of furan rings is 1. The van der Waals surface area contributed by atoms with Gasteiger partial charge in [-0.25, -0.2) is 4.98 Å². The Hall–Kier alpha value is -3.11. The van der Waals surface area contributed by atoms with E-state index in [1.165, 1.54) is 0 Å². The number of halogens is 1. The second-order valence-corrected chi connectivity index (χ2v) is 5.95. The Kier molecular flexibility index (Phi) is 3.96. The molecule has 0 radical (unpaired) electrons. The van der Waals surface area contributed by atoms with E-state index in [1.807, 2.05) is 54.6 Å². The Morgan fingerprint density at radius 1 is 0.960 bits per heavy atom. The number of nitrogens with zero attached hydrogens (tertiary/aromatic N) is 1. The monoisotopic (exact) mass is 348 g/mol. The molecule has 2 heterocycles. The zero-order valence-corrected chi connectivity index (χ0v) is 13.8. The molecular formula is C20H13ClN2O2. The lowest BCUT2D eigenvalue weighted by atomic mass is 10.2. The molecule has 0 atom stereocenters. The van der Waals surface area contributed by atoms with Crippen molar-refractivity contribution in [1.29, 1.82) is 0 Å². The van der Waals surface area contributed by atoms with Crippen molar-refractivity contribution in [3.8, 4) is 11.3 Å². The molecule has 0 saturated heterocycles. The molecule has 122 valence electrons. The Morgan fingerprint density at radius 3 is 2.60 bits per heavy atom. The molecule has 0 amide bonds. The molecule has 25 heavy (non-hydrogen) atoms. The van der Waals surface area contributed by atoms with Crippen molar-refractivity contribution < 1.29 is 4.42 Å². The smallest absolute Gasteiger partial charge is 0.259 e. The summed E-state index contributed by atoms with van der Waals surface area (Å²) in [5, 5.41) is 1.25. The van der Waals surface area contributed by atoms with Gasteiger partial charge in [-0.1, -0.05) is 23.7 Å². The molecule has 0 spiro atoms. The number of fused-ring (bicyclic) bond motifs is 1. The van der Waals surface area contributed by atoms with Crippen molar-refractivity contribution >= 4 is 34.7 Å². The molecule has 0 unspecified atom stereocenters. The molecule has 0 aliphatic rings. The zero-order valence-electron chi connectivity index (χ0n) is 13.1. The van der Waals surface area contributed by atoms with Gasteiger partial charge in [0.1, 0.15) is 17.3 Å². The van der Waals surface area contributed by atoms with E-state index >= 15 is 0 Å². The minimum Gasteiger partial charge on any atom is -0.457 e. The standard InChI is InChI=1S/C20H13ClN2O2/c21-14-7-5-13(6-8-14)18-11-9-15(25-18)10-12-19-22-17-4-2-1-3-16(17)20(24)23-19/h1-12H,(H,22,23,24). The molecular weight excluding hydrogens is 336 g/mol. The van der Waals surface area contributed by atoms with E-state index in [-0.39, 0.29) is 5.56 Å². The number of aromatic amines is 1. The van der Waals surface area contributed by atoms with E-state index < -0.39 is 0 Å². The summed E-state index contributed by atoms with van der Waals surface area (Å²) in [6.45, 7) is 0. The third kappa shape index (κ3) is 3.25. The highest BCUT2D eigenvalue weighted by Gasteiger charge is 2.04. The molecule has 5 heteroatoms. The summed E-state index contributed by atoms with van der Waals surface area (Å²) >= 11 is 5.90. The average molecular weight is 349 g/mol. The van der Waals surface area contributed by atoms with Gasteiger partial charge >= 0.3 is 0 Å². The first-order chi connectivity index (χ1) is 12.2. The summed E-state index contributed by atoms with van der Waals surface area (Å²) in [6, 6.07) is 18.4. The van der Waals surface area contributed by atoms with Gasteiger partial charge in [-0.15, -0.1) is 0 Å². The summed E-state index contributed by atoms with van der Waals surface area (Å²) in [5.74, 6) is 1.89. The fraction of sp³-hybridized carbons (Fsp3) is 0. The van der Waals surface area contributed by atoms with E-state index in [4.69, 9.17) is 16.0 Å². The SMILES string of the molecule is O=c1[nH]c(C=Cc2ccc(-c3ccc(Cl)cc3)o2)nc2ccccc12. The fourth-order valence-electron chi connectivity index (χ4n) is 2.56. The van der Waals surface area contributed by atoms with Crippen LogP contribution in [0, 0.1) is 0 Å². The van der Waals surface area contributed by atoms with E-state index in [2.05, 4.69) is 9.97 Å². The normalized spacial score (nSPS) is 11.4. The Bertz CT molecular complexity index is 1120. The van der Waals surface area contributed by atoms with Gasteiger partial charge in [0.05, 0.1) is 10.9 Å². The van der Waals surface area contributed by atoms with Gasteiger partial charge in [0.2, 0.25) is 0 Å². The van der Waals surface area contributed by atoms with Crippen LogP contribution in [0.3, 0.4) is 0 Å². The highest BCUT2D eigenvalue weighted by atomic mass is 35.5. The van der Waals surface area contributed by atoms with Crippen molar-refractivity contribution in [3.05, 3.63) is 87.6 Å². The zero-order chi connectivity index (χ0) is 17.2. The fourth-order valence-corrected chi connectivity index (χ4v) is 2.68. The summed E-state index contributed by atoms with van der Waals surface area (Å²) in [5.41, 5.74) is 1.44. The van der Waals surface area contributed by atoms with Crippen molar-refractivity contribution in [2.45, 2.75) is 0 Å². The van der Waals surface area contributed by atoms with Gasteiger partial charge in [0, 0.05) is 10.6 Å². The largest absolute Gasteiger partial charge is 0.457 e. The summed E-state index contributed by atoms with van der Waals surface area (Å²) in [4.78, 5) is 19.2. The van der Waals surface area contributed by atoms with E-state index in [0.717, 1.165) is 11.3 Å².